The van der Waals surface area contributed by atoms with E-state index in [2.05, 4.69) is 10.3 Å². The highest BCUT2D eigenvalue weighted by molar-refractivity contribution is 5.93. The number of anilines is 1. The van der Waals surface area contributed by atoms with Gasteiger partial charge in [0.05, 0.1) is 12.7 Å². The van der Waals surface area contributed by atoms with E-state index in [4.69, 9.17) is 10.5 Å². The van der Waals surface area contributed by atoms with Crippen molar-refractivity contribution in [1.29, 1.82) is 0 Å². The van der Waals surface area contributed by atoms with Gasteiger partial charge in [0.15, 0.2) is 0 Å². The summed E-state index contributed by atoms with van der Waals surface area (Å²) in [5.41, 5.74) is 6.59. The Kier molecular flexibility index (Phi) is 4.64. The molecule has 0 unspecified atom stereocenters. The molecule has 1 aromatic rings. The smallest absolute Gasteiger partial charge is 0.267 e. The van der Waals surface area contributed by atoms with Crippen LogP contribution in [0.5, 0.6) is 0 Å². The van der Waals surface area contributed by atoms with Crippen LogP contribution in [0.2, 0.25) is 0 Å². The maximum atomic E-state index is 11.7. The van der Waals surface area contributed by atoms with Crippen LogP contribution < -0.4 is 11.1 Å². The van der Waals surface area contributed by atoms with Gasteiger partial charge >= 0.3 is 0 Å². The Morgan fingerprint density at radius 2 is 2.22 bits per heavy atom. The average molecular weight is 251 g/mol. The number of carbonyl (C=O) groups is 1. The SMILES string of the molecule is Nc1c[nH]c(C(=O)NCCOC2CCCCC2)c1. The monoisotopic (exact) mass is 251 g/mol. The largest absolute Gasteiger partial charge is 0.397 e. The van der Waals surface area contributed by atoms with Gasteiger partial charge in [0.25, 0.3) is 5.91 Å². The number of carbonyl (C=O) groups excluding carboxylic acids is 1. The van der Waals surface area contributed by atoms with Gasteiger partial charge in [0.2, 0.25) is 0 Å². The zero-order valence-electron chi connectivity index (χ0n) is 10.6. The lowest BCUT2D eigenvalue weighted by Crippen LogP contribution is -2.29. The Morgan fingerprint density at radius 1 is 1.44 bits per heavy atom. The minimum atomic E-state index is -0.140. The molecule has 0 spiro atoms. The summed E-state index contributed by atoms with van der Waals surface area (Å²) in [5, 5.41) is 2.80. The van der Waals surface area contributed by atoms with Crippen molar-refractivity contribution in [2.24, 2.45) is 0 Å². The molecular weight excluding hydrogens is 230 g/mol. The molecule has 18 heavy (non-hydrogen) atoms. The summed E-state index contributed by atoms with van der Waals surface area (Å²) in [5.74, 6) is -0.140. The number of aromatic amines is 1. The van der Waals surface area contributed by atoms with Crippen LogP contribution >= 0.6 is 0 Å². The van der Waals surface area contributed by atoms with Gasteiger partial charge < -0.3 is 20.8 Å². The molecular formula is C13H21N3O2. The molecule has 4 N–H and O–H groups in total. The summed E-state index contributed by atoms with van der Waals surface area (Å²) in [4.78, 5) is 14.5. The number of amides is 1. The van der Waals surface area contributed by atoms with Crippen LogP contribution in [0, 0.1) is 0 Å². The van der Waals surface area contributed by atoms with E-state index in [0.717, 1.165) is 12.8 Å². The van der Waals surface area contributed by atoms with Gasteiger partial charge in [-0.1, -0.05) is 19.3 Å². The number of hydrogen-bond acceptors (Lipinski definition) is 3. The third kappa shape index (κ3) is 3.77. The Bertz CT molecular complexity index is 383. The van der Waals surface area contributed by atoms with E-state index in [1.807, 2.05) is 0 Å². The molecule has 1 saturated carbocycles. The van der Waals surface area contributed by atoms with Crippen LogP contribution in [0.15, 0.2) is 12.3 Å². The highest BCUT2D eigenvalue weighted by atomic mass is 16.5. The van der Waals surface area contributed by atoms with Crippen molar-refractivity contribution >= 4 is 11.6 Å². The molecule has 100 valence electrons. The van der Waals surface area contributed by atoms with Crippen molar-refractivity contribution in [3.63, 3.8) is 0 Å². The van der Waals surface area contributed by atoms with Gasteiger partial charge in [-0.25, -0.2) is 0 Å². The van der Waals surface area contributed by atoms with E-state index < -0.39 is 0 Å². The minimum absolute atomic E-state index is 0.140. The summed E-state index contributed by atoms with van der Waals surface area (Å²) >= 11 is 0. The topological polar surface area (TPSA) is 80.1 Å². The first-order valence-corrected chi connectivity index (χ1v) is 6.59. The maximum absolute atomic E-state index is 11.7. The first-order valence-electron chi connectivity index (χ1n) is 6.59. The molecule has 5 heteroatoms. The number of nitrogens with one attached hydrogen (secondary N) is 2. The molecule has 1 aliphatic carbocycles. The lowest BCUT2D eigenvalue weighted by molar-refractivity contribution is 0.0299. The third-order valence-corrected chi connectivity index (χ3v) is 3.24. The molecule has 0 radical (unpaired) electrons. The van der Waals surface area contributed by atoms with Gasteiger partial charge in [0, 0.05) is 18.4 Å². The molecule has 0 aliphatic heterocycles. The number of nitrogens with two attached hydrogens (primary N) is 1. The Labute approximate surface area is 107 Å². The lowest BCUT2D eigenvalue weighted by atomic mass is 9.98. The minimum Gasteiger partial charge on any atom is -0.397 e. The van der Waals surface area contributed by atoms with Crippen molar-refractivity contribution in [2.75, 3.05) is 18.9 Å². The molecule has 5 nitrogen and oxygen atoms in total. The van der Waals surface area contributed by atoms with Gasteiger partial charge in [-0.2, -0.15) is 0 Å². The van der Waals surface area contributed by atoms with E-state index in [1.54, 1.807) is 12.3 Å². The Morgan fingerprint density at radius 3 is 2.89 bits per heavy atom. The summed E-state index contributed by atoms with van der Waals surface area (Å²) < 4.78 is 5.72. The second kappa shape index (κ2) is 6.44. The Balaban J connectivity index is 1.61. The number of H-pyrrole nitrogens is 1. The van der Waals surface area contributed by atoms with Crippen LogP contribution in [0.1, 0.15) is 42.6 Å². The number of hydrogen-bond donors (Lipinski definition) is 3. The van der Waals surface area contributed by atoms with Crippen molar-refractivity contribution in [1.82, 2.24) is 10.3 Å². The second-order valence-corrected chi connectivity index (χ2v) is 4.73. The average Bonchev–Trinajstić information content (AvgIpc) is 2.82. The van der Waals surface area contributed by atoms with Crippen LogP contribution in [0.4, 0.5) is 5.69 Å². The first kappa shape index (κ1) is 13.0. The molecule has 1 aliphatic rings. The van der Waals surface area contributed by atoms with Crippen molar-refractivity contribution in [2.45, 2.75) is 38.2 Å². The quantitative estimate of drug-likeness (QED) is 0.696. The molecule has 0 atom stereocenters. The lowest BCUT2D eigenvalue weighted by Gasteiger charge is -2.21. The fourth-order valence-electron chi connectivity index (χ4n) is 2.26. The normalized spacial score (nSPS) is 16.7. The third-order valence-electron chi connectivity index (χ3n) is 3.24. The Hall–Kier alpha value is -1.49. The summed E-state index contributed by atoms with van der Waals surface area (Å²) in [7, 11) is 0. The summed E-state index contributed by atoms with van der Waals surface area (Å²) in [6.07, 6.45) is 8.15. The standard InChI is InChI=1S/C13H21N3O2/c14-10-8-12(16-9-10)13(17)15-6-7-18-11-4-2-1-3-5-11/h8-9,11,16H,1-7,14H2,(H,15,17). The van der Waals surface area contributed by atoms with Crippen LogP contribution in [0.3, 0.4) is 0 Å². The number of aromatic nitrogens is 1. The molecule has 1 aromatic heterocycles. The van der Waals surface area contributed by atoms with Crippen LogP contribution in [0.25, 0.3) is 0 Å². The van der Waals surface area contributed by atoms with E-state index in [9.17, 15) is 4.79 Å². The number of ether oxygens (including phenoxy) is 1. The molecule has 0 saturated heterocycles. The molecule has 0 aromatic carbocycles. The van der Waals surface area contributed by atoms with Crippen molar-refractivity contribution in [3.05, 3.63) is 18.0 Å². The van der Waals surface area contributed by atoms with Gasteiger partial charge in [-0.15, -0.1) is 0 Å². The van der Waals surface area contributed by atoms with E-state index in [-0.39, 0.29) is 5.91 Å². The summed E-state index contributed by atoms with van der Waals surface area (Å²) in [6.45, 7) is 1.11. The number of rotatable bonds is 5. The fraction of sp³-hybridized carbons (Fsp3) is 0.615. The zero-order valence-corrected chi connectivity index (χ0v) is 10.6. The van der Waals surface area contributed by atoms with E-state index in [0.29, 0.717) is 30.6 Å². The predicted octanol–water partition coefficient (Wildman–Crippen LogP) is 1.68. The van der Waals surface area contributed by atoms with Crippen LogP contribution in [-0.4, -0.2) is 30.1 Å². The predicted molar refractivity (Wildman–Crippen MR) is 70.4 cm³/mol. The highest BCUT2D eigenvalue weighted by Gasteiger charge is 2.13. The van der Waals surface area contributed by atoms with Gasteiger partial charge in [0.1, 0.15) is 5.69 Å². The number of nitrogen functional groups attached to an aromatic ring is 1. The van der Waals surface area contributed by atoms with Crippen molar-refractivity contribution in [3.8, 4) is 0 Å². The highest BCUT2D eigenvalue weighted by Crippen LogP contribution is 2.19. The van der Waals surface area contributed by atoms with E-state index >= 15 is 0 Å². The molecule has 1 heterocycles. The summed E-state index contributed by atoms with van der Waals surface area (Å²) in [6, 6.07) is 1.62. The van der Waals surface area contributed by atoms with Gasteiger partial charge in [-0.05, 0) is 18.9 Å². The maximum Gasteiger partial charge on any atom is 0.267 e. The molecule has 1 amide bonds. The van der Waals surface area contributed by atoms with Crippen LogP contribution in [-0.2, 0) is 4.74 Å². The van der Waals surface area contributed by atoms with E-state index in [1.165, 1.54) is 19.3 Å². The molecule has 0 bridgehead atoms. The molecule has 2 rings (SSSR count). The zero-order chi connectivity index (χ0) is 12.8. The fourth-order valence-corrected chi connectivity index (χ4v) is 2.26. The van der Waals surface area contributed by atoms with Gasteiger partial charge in [-0.3, -0.25) is 4.79 Å². The second-order valence-electron chi connectivity index (χ2n) is 4.73. The van der Waals surface area contributed by atoms with Crippen molar-refractivity contribution < 1.29 is 9.53 Å². The molecule has 1 fully saturated rings. The first-order chi connectivity index (χ1) is 8.75.